The molecule has 0 aromatic heterocycles. The SMILES string of the molecule is Cc1cccc(CNCC(C)C)c1OCC(C)(O)C(C)C. The van der Waals surface area contributed by atoms with Crippen LogP contribution in [0.1, 0.15) is 45.7 Å². The molecule has 0 spiro atoms. The number of para-hydroxylation sites is 1. The Labute approximate surface area is 129 Å². The Morgan fingerprint density at radius 2 is 1.90 bits per heavy atom. The molecule has 3 nitrogen and oxygen atoms in total. The zero-order valence-corrected chi connectivity index (χ0v) is 14.4. The molecule has 1 atom stereocenters. The van der Waals surface area contributed by atoms with Crippen molar-refractivity contribution in [1.29, 1.82) is 0 Å². The molecule has 1 aromatic rings. The van der Waals surface area contributed by atoms with E-state index in [1.807, 2.05) is 33.8 Å². The molecule has 2 N–H and O–H groups in total. The summed E-state index contributed by atoms with van der Waals surface area (Å²) in [6, 6.07) is 6.18. The van der Waals surface area contributed by atoms with Crippen molar-refractivity contribution in [3.8, 4) is 5.75 Å². The highest BCUT2D eigenvalue weighted by molar-refractivity contribution is 5.40. The number of aryl methyl sites for hydroxylation is 1. The highest BCUT2D eigenvalue weighted by Gasteiger charge is 2.26. The third-order valence-electron chi connectivity index (χ3n) is 3.91. The van der Waals surface area contributed by atoms with E-state index >= 15 is 0 Å². The summed E-state index contributed by atoms with van der Waals surface area (Å²) in [5.41, 5.74) is 1.44. The van der Waals surface area contributed by atoms with Gasteiger partial charge in [0.05, 0.1) is 5.60 Å². The summed E-state index contributed by atoms with van der Waals surface area (Å²) < 4.78 is 5.96. The zero-order chi connectivity index (χ0) is 16.0. The van der Waals surface area contributed by atoms with Gasteiger partial charge in [-0.2, -0.15) is 0 Å². The highest BCUT2D eigenvalue weighted by atomic mass is 16.5. The molecule has 1 unspecified atom stereocenters. The first-order valence-electron chi connectivity index (χ1n) is 7.88. The molecule has 1 aromatic carbocycles. The lowest BCUT2D eigenvalue weighted by Gasteiger charge is -2.28. The van der Waals surface area contributed by atoms with Crippen molar-refractivity contribution in [3.63, 3.8) is 0 Å². The van der Waals surface area contributed by atoms with Crippen molar-refractivity contribution in [3.05, 3.63) is 29.3 Å². The van der Waals surface area contributed by atoms with E-state index in [0.717, 1.165) is 30.0 Å². The van der Waals surface area contributed by atoms with Crippen LogP contribution in [0.2, 0.25) is 0 Å². The summed E-state index contributed by atoms with van der Waals surface area (Å²) in [6.07, 6.45) is 0. The van der Waals surface area contributed by atoms with Gasteiger partial charge in [-0.05, 0) is 37.8 Å². The number of benzene rings is 1. The van der Waals surface area contributed by atoms with Gasteiger partial charge in [0.15, 0.2) is 0 Å². The quantitative estimate of drug-likeness (QED) is 0.770. The lowest BCUT2D eigenvalue weighted by molar-refractivity contribution is -0.0270. The highest BCUT2D eigenvalue weighted by Crippen LogP contribution is 2.26. The molecule has 0 saturated heterocycles. The second-order valence-corrected chi connectivity index (χ2v) is 6.89. The van der Waals surface area contributed by atoms with E-state index in [4.69, 9.17) is 4.74 Å². The van der Waals surface area contributed by atoms with Gasteiger partial charge in [0.2, 0.25) is 0 Å². The van der Waals surface area contributed by atoms with Gasteiger partial charge in [0.1, 0.15) is 12.4 Å². The molecule has 0 amide bonds. The molecule has 0 bridgehead atoms. The normalized spacial score (nSPS) is 14.5. The van der Waals surface area contributed by atoms with Gasteiger partial charge in [-0.3, -0.25) is 0 Å². The van der Waals surface area contributed by atoms with Crippen LogP contribution in [0.4, 0.5) is 0 Å². The fourth-order valence-electron chi connectivity index (χ4n) is 1.94. The number of hydrogen-bond acceptors (Lipinski definition) is 3. The maximum Gasteiger partial charge on any atom is 0.126 e. The first-order chi connectivity index (χ1) is 9.74. The lowest BCUT2D eigenvalue weighted by atomic mass is 9.93. The van der Waals surface area contributed by atoms with Crippen molar-refractivity contribution < 1.29 is 9.84 Å². The van der Waals surface area contributed by atoms with Crippen LogP contribution in [-0.2, 0) is 6.54 Å². The smallest absolute Gasteiger partial charge is 0.126 e. The third-order valence-corrected chi connectivity index (χ3v) is 3.91. The zero-order valence-electron chi connectivity index (χ0n) is 14.4. The summed E-state index contributed by atoms with van der Waals surface area (Å²) in [5, 5.41) is 13.8. The molecule has 0 aliphatic carbocycles. The number of hydrogen-bond donors (Lipinski definition) is 2. The predicted octanol–water partition coefficient (Wildman–Crippen LogP) is 3.53. The number of aliphatic hydroxyl groups is 1. The topological polar surface area (TPSA) is 41.5 Å². The summed E-state index contributed by atoms with van der Waals surface area (Å²) in [6.45, 7) is 14.4. The van der Waals surface area contributed by atoms with Crippen LogP contribution in [-0.4, -0.2) is 23.9 Å². The molecule has 0 radical (unpaired) electrons. The van der Waals surface area contributed by atoms with E-state index in [-0.39, 0.29) is 5.92 Å². The molecule has 21 heavy (non-hydrogen) atoms. The molecular formula is C18H31NO2. The van der Waals surface area contributed by atoms with Crippen molar-refractivity contribution in [2.75, 3.05) is 13.2 Å². The van der Waals surface area contributed by atoms with E-state index in [1.54, 1.807) is 0 Å². The van der Waals surface area contributed by atoms with E-state index in [9.17, 15) is 5.11 Å². The Kier molecular flexibility index (Phi) is 6.69. The van der Waals surface area contributed by atoms with Crippen molar-refractivity contribution in [1.82, 2.24) is 5.32 Å². The maximum atomic E-state index is 10.3. The molecule has 0 heterocycles. The van der Waals surface area contributed by atoms with Gasteiger partial charge in [0.25, 0.3) is 0 Å². The molecule has 0 saturated carbocycles. The number of rotatable bonds is 8. The average Bonchev–Trinajstić information content (AvgIpc) is 2.37. The van der Waals surface area contributed by atoms with Gasteiger partial charge in [0, 0.05) is 12.1 Å². The lowest BCUT2D eigenvalue weighted by Crippen LogP contribution is -2.38. The Balaban J connectivity index is 2.76. The molecule has 0 aliphatic heterocycles. The van der Waals surface area contributed by atoms with Gasteiger partial charge >= 0.3 is 0 Å². The Hall–Kier alpha value is -1.06. The fourth-order valence-corrected chi connectivity index (χ4v) is 1.94. The van der Waals surface area contributed by atoms with E-state index in [2.05, 4.69) is 31.3 Å². The second kappa shape index (κ2) is 7.81. The van der Waals surface area contributed by atoms with Crippen molar-refractivity contribution in [2.24, 2.45) is 11.8 Å². The van der Waals surface area contributed by atoms with E-state index < -0.39 is 5.60 Å². The molecule has 3 heteroatoms. The summed E-state index contributed by atoms with van der Waals surface area (Å²) in [4.78, 5) is 0. The van der Waals surface area contributed by atoms with Crippen molar-refractivity contribution >= 4 is 0 Å². The average molecular weight is 293 g/mol. The van der Waals surface area contributed by atoms with E-state index in [1.165, 1.54) is 0 Å². The minimum Gasteiger partial charge on any atom is -0.490 e. The van der Waals surface area contributed by atoms with Crippen LogP contribution < -0.4 is 10.1 Å². The molecule has 120 valence electrons. The van der Waals surface area contributed by atoms with Gasteiger partial charge < -0.3 is 15.2 Å². The first-order valence-corrected chi connectivity index (χ1v) is 7.88. The van der Waals surface area contributed by atoms with E-state index in [0.29, 0.717) is 12.5 Å². The molecule has 1 rings (SSSR count). The van der Waals surface area contributed by atoms with Crippen LogP contribution in [0.5, 0.6) is 5.75 Å². The molecule has 0 aliphatic rings. The first kappa shape index (κ1) is 18.0. The third kappa shape index (κ3) is 5.68. The van der Waals surface area contributed by atoms with Crippen LogP contribution in [0.3, 0.4) is 0 Å². The van der Waals surface area contributed by atoms with Gasteiger partial charge in [-0.25, -0.2) is 0 Å². The van der Waals surface area contributed by atoms with Crippen LogP contribution in [0, 0.1) is 18.8 Å². The van der Waals surface area contributed by atoms with Crippen molar-refractivity contribution in [2.45, 2.75) is 53.7 Å². The van der Waals surface area contributed by atoms with Crippen LogP contribution in [0.25, 0.3) is 0 Å². The van der Waals surface area contributed by atoms with Gasteiger partial charge in [-0.1, -0.05) is 45.9 Å². The number of nitrogens with one attached hydrogen (secondary N) is 1. The standard InChI is InChI=1S/C18H31NO2/c1-13(2)10-19-11-16-9-7-8-15(5)17(16)21-12-18(6,20)14(3)4/h7-9,13-14,19-20H,10-12H2,1-6H3. The van der Waals surface area contributed by atoms with Gasteiger partial charge in [-0.15, -0.1) is 0 Å². The predicted molar refractivity (Wildman–Crippen MR) is 88.7 cm³/mol. The van der Waals surface area contributed by atoms with Crippen LogP contribution >= 0.6 is 0 Å². The minimum atomic E-state index is -0.815. The fraction of sp³-hybridized carbons (Fsp3) is 0.667. The minimum absolute atomic E-state index is 0.157. The Bertz CT molecular complexity index is 439. The molecule has 0 fully saturated rings. The maximum absolute atomic E-state index is 10.3. The largest absolute Gasteiger partial charge is 0.490 e. The monoisotopic (exact) mass is 293 g/mol. The molecular weight excluding hydrogens is 262 g/mol. The number of ether oxygens (including phenoxy) is 1. The Morgan fingerprint density at radius 3 is 2.48 bits per heavy atom. The summed E-state index contributed by atoms with van der Waals surface area (Å²) in [7, 11) is 0. The Morgan fingerprint density at radius 1 is 1.24 bits per heavy atom. The summed E-state index contributed by atoms with van der Waals surface area (Å²) >= 11 is 0. The second-order valence-electron chi connectivity index (χ2n) is 6.89. The van der Waals surface area contributed by atoms with Crippen LogP contribution in [0.15, 0.2) is 18.2 Å². The summed E-state index contributed by atoms with van der Waals surface area (Å²) in [5.74, 6) is 1.68.